The summed E-state index contributed by atoms with van der Waals surface area (Å²) in [7, 11) is 0. The second kappa shape index (κ2) is 4.18. The third-order valence-electron chi connectivity index (χ3n) is 4.53. The van der Waals surface area contributed by atoms with Gasteiger partial charge in [0.05, 0.1) is 24.3 Å². The van der Waals surface area contributed by atoms with E-state index < -0.39 is 29.5 Å². The number of carboxylic acids is 1. The SMILES string of the molecule is O=C(O)[C@@H]1[C@H]2C(=O)N(c3ccccc3Br)C[C@]23C=C[C@H]1O3. The van der Waals surface area contributed by atoms with E-state index in [4.69, 9.17) is 4.74 Å². The van der Waals surface area contributed by atoms with E-state index in [2.05, 4.69) is 15.9 Å². The summed E-state index contributed by atoms with van der Waals surface area (Å²) in [5, 5.41) is 9.41. The number of fused-ring (bicyclic) bond motifs is 1. The molecule has 0 aliphatic carbocycles. The Bertz CT molecular complexity index is 688. The van der Waals surface area contributed by atoms with E-state index in [0.717, 1.165) is 10.2 Å². The molecule has 3 aliphatic rings. The number of halogens is 1. The average molecular weight is 350 g/mol. The molecule has 1 aromatic rings. The number of para-hydroxylation sites is 1. The van der Waals surface area contributed by atoms with Crippen LogP contribution in [0.25, 0.3) is 0 Å². The van der Waals surface area contributed by atoms with Gasteiger partial charge in [0.15, 0.2) is 0 Å². The van der Waals surface area contributed by atoms with Gasteiger partial charge in [-0.2, -0.15) is 0 Å². The minimum Gasteiger partial charge on any atom is -0.481 e. The van der Waals surface area contributed by atoms with Crippen molar-refractivity contribution in [1.82, 2.24) is 0 Å². The standard InChI is InChI=1S/C15H12BrNO4/c16-8-3-1-2-4-9(8)17-7-15-6-5-10(21-15)11(14(19)20)12(15)13(17)18/h1-6,10-12H,7H2,(H,19,20)/t10-,11+,12+,15-/m1/s1. The van der Waals surface area contributed by atoms with Gasteiger partial charge in [0.25, 0.3) is 0 Å². The van der Waals surface area contributed by atoms with E-state index in [-0.39, 0.29) is 5.91 Å². The van der Waals surface area contributed by atoms with Gasteiger partial charge in [-0.05, 0) is 28.1 Å². The predicted molar refractivity (Wildman–Crippen MR) is 77.9 cm³/mol. The summed E-state index contributed by atoms with van der Waals surface area (Å²) in [4.78, 5) is 25.9. The van der Waals surface area contributed by atoms with Crippen molar-refractivity contribution in [3.8, 4) is 0 Å². The molecule has 3 heterocycles. The van der Waals surface area contributed by atoms with Crippen LogP contribution in [0.2, 0.25) is 0 Å². The quantitative estimate of drug-likeness (QED) is 0.827. The molecular weight excluding hydrogens is 338 g/mol. The van der Waals surface area contributed by atoms with Crippen molar-refractivity contribution in [3.63, 3.8) is 0 Å². The fourth-order valence-electron chi connectivity index (χ4n) is 3.65. The van der Waals surface area contributed by atoms with E-state index in [1.807, 2.05) is 30.3 Å². The second-order valence-corrected chi connectivity index (χ2v) is 6.47. The lowest BCUT2D eigenvalue weighted by atomic mass is 9.77. The topological polar surface area (TPSA) is 66.8 Å². The van der Waals surface area contributed by atoms with Crippen LogP contribution in [0, 0.1) is 11.8 Å². The number of ether oxygens (including phenoxy) is 1. The van der Waals surface area contributed by atoms with E-state index in [1.54, 1.807) is 11.0 Å². The van der Waals surface area contributed by atoms with Crippen LogP contribution in [-0.4, -0.2) is 35.2 Å². The molecule has 1 amide bonds. The minimum atomic E-state index is -0.974. The average Bonchev–Trinajstić information content (AvgIpc) is 3.08. The Balaban J connectivity index is 1.78. The molecule has 0 aromatic heterocycles. The predicted octanol–water partition coefficient (Wildman–Crippen LogP) is 1.82. The molecule has 0 radical (unpaired) electrons. The van der Waals surface area contributed by atoms with Crippen molar-refractivity contribution >= 4 is 33.5 Å². The van der Waals surface area contributed by atoms with Crippen LogP contribution in [0.15, 0.2) is 40.9 Å². The second-order valence-electron chi connectivity index (χ2n) is 5.61. The zero-order chi connectivity index (χ0) is 14.8. The zero-order valence-electron chi connectivity index (χ0n) is 10.9. The number of carbonyl (C=O) groups excluding carboxylic acids is 1. The van der Waals surface area contributed by atoms with Crippen LogP contribution in [0.5, 0.6) is 0 Å². The fraction of sp³-hybridized carbons (Fsp3) is 0.333. The van der Waals surface area contributed by atoms with Crippen LogP contribution < -0.4 is 4.90 Å². The molecule has 3 aliphatic heterocycles. The molecule has 4 rings (SSSR count). The molecule has 0 unspecified atom stereocenters. The highest BCUT2D eigenvalue weighted by Gasteiger charge is 2.67. The molecule has 0 saturated carbocycles. The van der Waals surface area contributed by atoms with Crippen LogP contribution in [-0.2, 0) is 14.3 Å². The van der Waals surface area contributed by atoms with Crippen molar-refractivity contribution in [2.24, 2.45) is 11.8 Å². The molecule has 2 bridgehead atoms. The highest BCUT2D eigenvalue weighted by atomic mass is 79.9. The number of hydrogen-bond donors (Lipinski definition) is 1. The maximum absolute atomic E-state index is 12.8. The summed E-state index contributed by atoms with van der Waals surface area (Å²) in [5.41, 5.74) is -0.0454. The summed E-state index contributed by atoms with van der Waals surface area (Å²) >= 11 is 3.44. The Morgan fingerprint density at radius 2 is 2.19 bits per heavy atom. The molecule has 2 fully saturated rings. The Labute approximate surface area is 129 Å². The maximum Gasteiger partial charge on any atom is 0.310 e. The first kappa shape index (κ1) is 13.0. The Morgan fingerprint density at radius 3 is 2.90 bits per heavy atom. The van der Waals surface area contributed by atoms with Crippen LogP contribution >= 0.6 is 15.9 Å². The summed E-state index contributed by atoms with van der Waals surface area (Å²) < 4.78 is 6.66. The van der Waals surface area contributed by atoms with E-state index in [1.165, 1.54) is 0 Å². The minimum absolute atomic E-state index is 0.179. The van der Waals surface area contributed by atoms with Crippen LogP contribution in [0.3, 0.4) is 0 Å². The summed E-state index contributed by atoms with van der Waals surface area (Å²) in [6, 6.07) is 7.42. The molecule has 1 spiro atoms. The first-order valence-electron chi connectivity index (χ1n) is 6.69. The molecule has 6 heteroatoms. The Hall–Kier alpha value is -1.66. The lowest BCUT2D eigenvalue weighted by Gasteiger charge is -2.22. The Morgan fingerprint density at radius 1 is 1.43 bits per heavy atom. The molecule has 21 heavy (non-hydrogen) atoms. The number of anilines is 1. The van der Waals surface area contributed by atoms with E-state index in [9.17, 15) is 14.7 Å². The number of aliphatic carboxylic acids is 1. The lowest BCUT2D eigenvalue weighted by molar-refractivity contribution is -0.146. The van der Waals surface area contributed by atoms with Gasteiger partial charge in [0.1, 0.15) is 11.5 Å². The van der Waals surface area contributed by atoms with Crippen molar-refractivity contribution < 1.29 is 19.4 Å². The molecule has 108 valence electrons. The number of amides is 1. The normalized spacial score (nSPS) is 36.3. The molecule has 5 nitrogen and oxygen atoms in total. The van der Waals surface area contributed by atoms with Crippen molar-refractivity contribution in [3.05, 3.63) is 40.9 Å². The summed E-state index contributed by atoms with van der Waals surface area (Å²) in [6.07, 6.45) is 3.14. The number of carbonyl (C=O) groups is 2. The molecule has 1 N–H and O–H groups in total. The molecular formula is C15H12BrNO4. The third-order valence-corrected chi connectivity index (χ3v) is 5.20. The third kappa shape index (κ3) is 1.60. The van der Waals surface area contributed by atoms with Gasteiger partial charge < -0.3 is 14.7 Å². The van der Waals surface area contributed by atoms with Crippen molar-refractivity contribution in [1.29, 1.82) is 0 Å². The van der Waals surface area contributed by atoms with Crippen LogP contribution in [0.4, 0.5) is 5.69 Å². The highest BCUT2D eigenvalue weighted by molar-refractivity contribution is 9.10. The van der Waals surface area contributed by atoms with Gasteiger partial charge in [-0.3, -0.25) is 9.59 Å². The zero-order valence-corrected chi connectivity index (χ0v) is 12.5. The van der Waals surface area contributed by atoms with Gasteiger partial charge >= 0.3 is 5.97 Å². The van der Waals surface area contributed by atoms with Crippen molar-refractivity contribution in [2.75, 3.05) is 11.4 Å². The van der Waals surface area contributed by atoms with Gasteiger partial charge in [-0.25, -0.2) is 0 Å². The first-order chi connectivity index (χ1) is 10.0. The number of rotatable bonds is 2. The first-order valence-corrected chi connectivity index (χ1v) is 7.49. The number of hydrogen-bond acceptors (Lipinski definition) is 3. The molecule has 2 saturated heterocycles. The Kier molecular flexibility index (Phi) is 2.59. The number of carboxylic acid groups (broad SMARTS) is 1. The van der Waals surface area contributed by atoms with Gasteiger partial charge in [0, 0.05) is 4.47 Å². The fourth-order valence-corrected chi connectivity index (χ4v) is 4.15. The highest BCUT2D eigenvalue weighted by Crippen LogP contribution is 2.53. The number of nitrogens with zero attached hydrogens (tertiary/aromatic N) is 1. The largest absolute Gasteiger partial charge is 0.481 e. The van der Waals surface area contributed by atoms with Crippen molar-refractivity contribution in [2.45, 2.75) is 11.7 Å². The monoisotopic (exact) mass is 349 g/mol. The number of benzene rings is 1. The van der Waals surface area contributed by atoms with Gasteiger partial charge in [-0.15, -0.1) is 0 Å². The van der Waals surface area contributed by atoms with E-state index >= 15 is 0 Å². The molecule has 4 atom stereocenters. The smallest absolute Gasteiger partial charge is 0.310 e. The summed E-state index contributed by atoms with van der Waals surface area (Å²) in [6.45, 7) is 0.357. The maximum atomic E-state index is 12.8. The van der Waals surface area contributed by atoms with Gasteiger partial charge in [-0.1, -0.05) is 24.3 Å². The molecule has 1 aromatic carbocycles. The lowest BCUT2D eigenvalue weighted by Crippen LogP contribution is -2.39. The summed E-state index contributed by atoms with van der Waals surface area (Å²) in [5.74, 6) is -2.59. The van der Waals surface area contributed by atoms with E-state index in [0.29, 0.717) is 6.54 Å². The van der Waals surface area contributed by atoms with Gasteiger partial charge in [0.2, 0.25) is 5.91 Å². The van der Waals surface area contributed by atoms with Crippen LogP contribution in [0.1, 0.15) is 0 Å².